The fourth-order valence-electron chi connectivity index (χ4n) is 2.90. The van der Waals surface area contributed by atoms with Crippen molar-refractivity contribution in [2.75, 3.05) is 0 Å². The Hall–Kier alpha value is -1.09. The maximum atomic E-state index is 13.1. The quantitative estimate of drug-likeness (QED) is 0.857. The third-order valence-corrected chi connectivity index (χ3v) is 4.03. The van der Waals surface area contributed by atoms with Crippen LogP contribution in [0.1, 0.15) is 44.6 Å². The molecule has 1 saturated carbocycles. The Morgan fingerprint density at radius 2 is 2.11 bits per heavy atom. The predicted molar refractivity (Wildman–Crippen MR) is 70.9 cm³/mol. The van der Waals surface area contributed by atoms with Crippen molar-refractivity contribution in [1.29, 1.82) is 0 Å². The number of rotatable bonds is 4. The average Bonchev–Trinajstić information content (AvgIpc) is 2.40. The fraction of sp³-hybridized carbons (Fsp3) is 0.600. The fourth-order valence-corrected chi connectivity index (χ4v) is 2.90. The molecule has 2 unspecified atom stereocenters. The number of phenols is 1. The Kier molecular flexibility index (Phi) is 4.59. The van der Waals surface area contributed by atoms with Crippen molar-refractivity contribution < 1.29 is 9.50 Å². The highest BCUT2D eigenvalue weighted by Crippen LogP contribution is 2.27. The predicted octanol–water partition coefficient (Wildman–Crippen LogP) is 3.59. The largest absolute Gasteiger partial charge is 0.508 e. The second kappa shape index (κ2) is 6.19. The van der Waals surface area contributed by atoms with Crippen molar-refractivity contribution in [2.24, 2.45) is 5.92 Å². The number of nitrogens with one attached hydrogen (secondary N) is 1. The molecule has 2 nitrogen and oxygen atoms in total. The van der Waals surface area contributed by atoms with Crippen LogP contribution in [-0.2, 0) is 6.54 Å². The third kappa shape index (κ3) is 3.22. The van der Waals surface area contributed by atoms with E-state index in [2.05, 4.69) is 12.2 Å². The van der Waals surface area contributed by atoms with E-state index in [4.69, 9.17) is 0 Å². The van der Waals surface area contributed by atoms with Crippen LogP contribution < -0.4 is 5.32 Å². The Morgan fingerprint density at radius 3 is 2.89 bits per heavy atom. The van der Waals surface area contributed by atoms with E-state index in [0.717, 1.165) is 5.92 Å². The lowest BCUT2D eigenvalue weighted by molar-refractivity contribution is 0.253. The standard InChI is InChI=1S/C15H22FNO/c1-2-11-5-3-4-6-14(11)17-10-12-9-13(16)7-8-15(12)18/h7-9,11,14,17-18H,2-6,10H2,1H3. The summed E-state index contributed by atoms with van der Waals surface area (Å²) in [4.78, 5) is 0. The van der Waals surface area contributed by atoms with E-state index < -0.39 is 0 Å². The molecule has 0 radical (unpaired) electrons. The molecule has 2 rings (SSSR count). The van der Waals surface area contributed by atoms with Gasteiger partial charge in [-0.2, -0.15) is 0 Å². The molecule has 0 aromatic heterocycles. The first-order valence-corrected chi connectivity index (χ1v) is 6.91. The number of benzene rings is 1. The summed E-state index contributed by atoms with van der Waals surface area (Å²) in [5, 5.41) is 13.2. The van der Waals surface area contributed by atoms with Gasteiger partial charge in [0.25, 0.3) is 0 Å². The van der Waals surface area contributed by atoms with Gasteiger partial charge in [-0.15, -0.1) is 0 Å². The lowest BCUT2D eigenvalue weighted by atomic mass is 9.83. The molecule has 18 heavy (non-hydrogen) atoms. The van der Waals surface area contributed by atoms with E-state index in [-0.39, 0.29) is 11.6 Å². The summed E-state index contributed by atoms with van der Waals surface area (Å²) in [5.41, 5.74) is 0.649. The molecule has 2 atom stereocenters. The average molecular weight is 251 g/mol. The Labute approximate surface area is 108 Å². The highest BCUT2D eigenvalue weighted by molar-refractivity contribution is 5.32. The van der Waals surface area contributed by atoms with Crippen LogP contribution in [0.3, 0.4) is 0 Å². The lowest BCUT2D eigenvalue weighted by Crippen LogP contribution is -2.37. The molecular formula is C15H22FNO. The number of hydrogen-bond donors (Lipinski definition) is 2. The van der Waals surface area contributed by atoms with Crippen LogP contribution in [-0.4, -0.2) is 11.1 Å². The van der Waals surface area contributed by atoms with Crippen molar-refractivity contribution in [3.05, 3.63) is 29.6 Å². The normalized spacial score (nSPS) is 24.1. The van der Waals surface area contributed by atoms with Gasteiger partial charge >= 0.3 is 0 Å². The SMILES string of the molecule is CCC1CCCCC1NCc1cc(F)ccc1O. The van der Waals surface area contributed by atoms with E-state index in [1.54, 1.807) is 0 Å². The molecule has 0 spiro atoms. The van der Waals surface area contributed by atoms with Crippen molar-refractivity contribution in [3.63, 3.8) is 0 Å². The molecule has 0 heterocycles. The monoisotopic (exact) mass is 251 g/mol. The Morgan fingerprint density at radius 1 is 1.33 bits per heavy atom. The topological polar surface area (TPSA) is 32.3 Å². The van der Waals surface area contributed by atoms with E-state index in [9.17, 15) is 9.50 Å². The first-order valence-electron chi connectivity index (χ1n) is 6.91. The van der Waals surface area contributed by atoms with Crippen LogP contribution in [0.15, 0.2) is 18.2 Å². The molecule has 0 saturated heterocycles. The molecule has 1 aliphatic rings. The number of hydrogen-bond acceptors (Lipinski definition) is 2. The van der Waals surface area contributed by atoms with Gasteiger partial charge in [0.1, 0.15) is 11.6 Å². The molecule has 0 amide bonds. The Balaban J connectivity index is 1.95. The van der Waals surface area contributed by atoms with Gasteiger partial charge in [-0.3, -0.25) is 0 Å². The first-order chi connectivity index (χ1) is 8.70. The van der Waals surface area contributed by atoms with Crippen LogP contribution in [0.25, 0.3) is 0 Å². The van der Waals surface area contributed by atoms with Crippen molar-refractivity contribution in [3.8, 4) is 5.75 Å². The first kappa shape index (κ1) is 13.3. The van der Waals surface area contributed by atoms with Crippen molar-refractivity contribution in [2.45, 2.75) is 51.6 Å². The summed E-state index contributed by atoms with van der Waals surface area (Å²) in [6.07, 6.45) is 6.25. The smallest absolute Gasteiger partial charge is 0.123 e. The van der Waals surface area contributed by atoms with Crippen LogP contribution in [0.5, 0.6) is 5.75 Å². The lowest BCUT2D eigenvalue weighted by Gasteiger charge is -2.31. The third-order valence-electron chi connectivity index (χ3n) is 4.03. The summed E-state index contributed by atoms with van der Waals surface area (Å²) >= 11 is 0. The maximum Gasteiger partial charge on any atom is 0.123 e. The zero-order valence-corrected chi connectivity index (χ0v) is 11.0. The van der Waals surface area contributed by atoms with Crippen LogP contribution in [0.4, 0.5) is 4.39 Å². The van der Waals surface area contributed by atoms with Crippen LogP contribution in [0, 0.1) is 11.7 Å². The van der Waals surface area contributed by atoms with Crippen LogP contribution in [0.2, 0.25) is 0 Å². The maximum absolute atomic E-state index is 13.1. The number of aromatic hydroxyl groups is 1. The highest BCUT2D eigenvalue weighted by atomic mass is 19.1. The molecule has 0 aliphatic heterocycles. The van der Waals surface area contributed by atoms with E-state index >= 15 is 0 Å². The van der Waals surface area contributed by atoms with Gasteiger partial charge in [0.05, 0.1) is 0 Å². The van der Waals surface area contributed by atoms with Crippen LogP contribution >= 0.6 is 0 Å². The highest BCUT2D eigenvalue weighted by Gasteiger charge is 2.23. The number of halogens is 1. The molecular weight excluding hydrogens is 229 g/mol. The molecule has 2 N–H and O–H groups in total. The summed E-state index contributed by atoms with van der Waals surface area (Å²) in [6.45, 7) is 2.77. The summed E-state index contributed by atoms with van der Waals surface area (Å²) < 4.78 is 13.1. The molecule has 1 aromatic carbocycles. The van der Waals surface area contributed by atoms with Gasteiger partial charge in [-0.05, 0) is 37.0 Å². The van der Waals surface area contributed by atoms with Gasteiger partial charge in [-0.1, -0.05) is 26.2 Å². The summed E-state index contributed by atoms with van der Waals surface area (Å²) in [6, 6.07) is 4.62. The Bertz CT molecular complexity index is 394. The van der Waals surface area contributed by atoms with E-state index in [1.807, 2.05) is 0 Å². The minimum Gasteiger partial charge on any atom is -0.508 e. The molecule has 3 heteroatoms. The molecule has 1 fully saturated rings. The summed E-state index contributed by atoms with van der Waals surface area (Å²) in [5.74, 6) is 0.600. The van der Waals surface area contributed by atoms with Crippen molar-refractivity contribution in [1.82, 2.24) is 5.32 Å². The minimum absolute atomic E-state index is 0.174. The summed E-state index contributed by atoms with van der Waals surface area (Å²) in [7, 11) is 0. The van der Waals surface area contributed by atoms with Crippen molar-refractivity contribution >= 4 is 0 Å². The van der Waals surface area contributed by atoms with Gasteiger partial charge in [0.15, 0.2) is 0 Å². The number of phenolic OH excluding ortho intramolecular Hbond substituents is 1. The second-order valence-corrected chi connectivity index (χ2v) is 5.21. The molecule has 100 valence electrons. The van der Waals surface area contributed by atoms with Gasteiger partial charge in [0.2, 0.25) is 0 Å². The molecule has 1 aliphatic carbocycles. The second-order valence-electron chi connectivity index (χ2n) is 5.21. The van der Waals surface area contributed by atoms with Gasteiger partial charge in [-0.25, -0.2) is 4.39 Å². The molecule has 0 bridgehead atoms. The zero-order chi connectivity index (χ0) is 13.0. The minimum atomic E-state index is -0.291. The van der Waals surface area contributed by atoms with E-state index in [0.29, 0.717) is 18.2 Å². The van der Waals surface area contributed by atoms with Gasteiger partial charge < -0.3 is 10.4 Å². The molecule has 1 aromatic rings. The van der Waals surface area contributed by atoms with E-state index in [1.165, 1.54) is 50.3 Å². The van der Waals surface area contributed by atoms with Gasteiger partial charge in [0, 0.05) is 18.2 Å². The zero-order valence-electron chi connectivity index (χ0n) is 11.0.